The van der Waals surface area contributed by atoms with Crippen molar-refractivity contribution in [3.8, 4) is 10.6 Å². The number of nitrogens with zero attached hydrogens (tertiary/aromatic N) is 8. The summed E-state index contributed by atoms with van der Waals surface area (Å²) in [7, 11) is 1.77. The summed E-state index contributed by atoms with van der Waals surface area (Å²) in [4.78, 5) is 30.7. The molecule has 4 aromatic heterocycles. The van der Waals surface area contributed by atoms with E-state index in [9.17, 15) is 5.11 Å². The van der Waals surface area contributed by atoms with Gasteiger partial charge in [-0.05, 0) is 31.9 Å². The van der Waals surface area contributed by atoms with Crippen LogP contribution in [0.2, 0.25) is 0 Å². The number of nitrogens with one attached hydrogen (secondary N) is 1. The monoisotopic (exact) mass is 559 g/mol. The first-order valence-electron chi connectivity index (χ1n) is 13.8. The Morgan fingerprint density at radius 2 is 2.00 bits per heavy atom. The number of piperazine rings is 1. The molecule has 11 nitrogen and oxygen atoms in total. The van der Waals surface area contributed by atoms with Crippen LogP contribution in [0.15, 0.2) is 36.7 Å². The van der Waals surface area contributed by atoms with E-state index in [4.69, 9.17) is 19.7 Å². The molecule has 0 spiro atoms. The van der Waals surface area contributed by atoms with E-state index in [1.165, 1.54) is 0 Å². The average Bonchev–Trinajstić information content (AvgIpc) is 3.76. The number of ether oxygens (including phenoxy) is 1. The lowest BCUT2D eigenvalue weighted by atomic mass is 10.2. The Bertz CT molecular complexity index is 1530. The van der Waals surface area contributed by atoms with Crippen LogP contribution in [-0.4, -0.2) is 99.6 Å². The number of hydrogen-bond donors (Lipinski definition) is 2. The fourth-order valence-corrected chi connectivity index (χ4v) is 7.06. The van der Waals surface area contributed by atoms with E-state index in [0.717, 1.165) is 89.6 Å². The third kappa shape index (κ3) is 4.85. The third-order valence-electron chi connectivity index (χ3n) is 8.17. The van der Waals surface area contributed by atoms with Gasteiger partial charge in [0.05, 0.1) is 22.9 Å². The standard InChI is InChI=1S/C28H33N9O2S/c1-17-9-25(34-28(31-17)37-15-19-11-20(37)14-35(19)7-8-38)33-24-12-22-23(13-30-24)40-27(32-22)18-3-5-29-26(10-18)36-6-4-21(16-36)39-2/h3,5,9-10,12-13,19-21,38H,4,6-8,11,14-16H2,1-2H3,(H,30,31,33,34)/t19-,20-,21-/m0/s1. The van der Waals surface area contributed by atoms with Crippen molar-refractivity contribution in [3.05, 3.63) is 42.4 Å². The summed E-state index contributed by atoms with van der Waals surface area (Å²) < 4.78 is 6.55. The number of fused-ring (bicyclic) bond motifs is 3. The highest BCUT2D eigenvalue weighted by molar-refractivity contribution is 7.21. The molecule has 3 fully saturated rings. The maximum absolute atomic E-state index is 9.34. The highest BCUT2D eigenvalue weighted by Crippen LogP contribution is 2.35. The first-order valence-corrected chi connectivity index (χ1v) is 14.6. The highest BCUT2D eigenvalue weighted by Gasteiger charge is 2.44. The Labute approximate surface area is 236 Å². The molecule has 7 heterocycles. The number of β-amino-alcohol motifs (C(OH)–C–C–N with tert-alkyl or cyclic N) is 1. The van der Waals surface area contributed by atoms with E-state index < -0.39 is 0 Å². The molecule has 3 saturated heterocycles. The first-order chi connectivity index (χ1) is 19.6. The zero-order valence-corrected chi connectivity index (χ0v) is 23.5. The molecule has 12 heteroatoms. The fourth-order valence-electron chi connectivity index (χ4n) is 6.15. The zero-order valence-electron chi connectivity index (χ0n) is 22.7. The van der Waals surface area contributed by atoms with Crippen molar-refractivity contribution in [2.45, 2.75) is 38.0 Å². The van der Waals surface area contributed by atoms with Gasteiger partial charge < -0.3 is 25.0 Å². The van der Waals surface area contributed by atoms with Gasteiger partial charge in [0.25, 0.3) is 0 Å². The Morgan fingerprint density at radius 3 is 2.80 bits per heavy atom. The number of likely N-dealkylation sites (tertiary alicyclic amines) is 1. The molecule has 3 aliphatic rings. The molecule has 7 rings (SSSR count). The van der Waals surface area contributed by atoms with E-state index in [0.29, 0.717) is 17.9 Å². The molecule has 3 atom stereocenters. The molecule has 3 aliphatic heterocycles. The molecule has 208 valence electrons. The Hall–Kier alpha value is -3.45. The average molecular weight is 560 g/mol. The topological polar surface area (TPSA) is 116 Å². The number of rotatable bonds is 8. The molecular formula is C28H33N9O2S. The van der Waals surface area contributed by atoms with Crippen LogP contribution in [0.25, 0.3) is 20.8 Å². The van der Waals surface area contributed by atoms with Crippen LogP contribution in [0, 0.1) is 6.92 Å². The number of hydrogen-bond acceptors (Lipinski definition) is 12. The van der Waals surface area contributed by atoms with Gasteiger partial charge in [0.1, 0.15) is 22.5 Å². The third-order valence-corrected chi connectivity index (χ3v) is 9.22. The van der Waals surface area contributed by atoms with Crippen LogP contribution in [0.5, 0.6) is 0 Å². The van der Waals surface area contributed by atoms with Gasteiger partial charge in [-0.3, -0.25) is 4.90 Å². The lowest BCUT2D eigenvalue weighted by Crippen LogP contribution is -2.47. The Balaban J connectivity index is 1.09. The number of methoxy groups -OCH3 is 1. The lowest BCUT2D eigenvalue weighted by molar-refractivity contribution is 0.121. The quantitative estimate of drug-likeness (QED) is 0.332. The predicted octanol–water partition coefficient (Wildman–Crippen LogP) is 3.08. The van der Waals surface area contributed by atoms with Crippen molar-refractivity contribution >= 4 is 45.0 Å². The van der Waals surface area contributed by atoms with E-state index in [1.807, 2.05) is 37.5 Å². The van der Waals surface area contributed by atoms with Crippen LogP contribution < -0.4 is 15.1 Å². The van der Waals surface area contributed by atoms with Crippen LogP contribution in [-0.2, 0) is 4.74 Å². The molecule has 4 aromatic rings. The van der Waals surface area contributed by atoms with Crippen molar-refractivity contribution in [3.63, 3.8) is 0 Å². The second-order valence-corrected chi connectivity index (χ2v) is 11.8. The van der Waals surface area contributed by atoms with Gasteiger partial charge in [0.2, 0.25) is 5.95 Å². The summed E-state index contributed by atoms with van der Waals surface area (Å²) in [5.74, 6) is 3.13. The second kappa shape index (κ2) is 10.5. The molecule has 0 aliphatic carbocycles. The van der Waals surface area contributed by atoms with Gasteiger partial charge in [-0.15, -0.1) is 11.3 Å². The summed E-state index contributed by atoms with van der Waals surface area (Å²) in [6.07, 6.45) is 6.09. The largest absolute Gasteiger partial charge is 0.395 e. The number of aliphatic hydroxyl groups is 1. The molecule has 0 amide bonds. The number of aryl methyl sites for hydroxylation is 1. The minimum atomic E-state index is 0.202. The van der Waals surface area contributed by atoms with Crippen molar-refractivity contribution < 1.29 is 9.84 Å². The van der Waals surface area contributed by atoms with Crippen molar-refractivity contribution in [2.24, 2.45) is 0 Å². The second-order valence-electron chi connectivity index (χ2n) is 10.8. The van der Waals surface area contributed by atoms with Gasteiger partial charge in [-0.25, -0.2) is 19.9 Å². The number of pyridine rings is 2. The summed E-state index contributed by atoms with van der Waals surface area (Å²) in [5, 5.41) is 13.7. The van der Waals surface area contributed by atoms with Crippen molar-refractivity contribution in [2.75, 3.05) is 61.6 Å². The molecule has 40 heavy (non-hydrogen) atoms. The van der Waals surface area contributed by atoms with Crippen LogP contribution >= 0.6 is 11.3 Å². The first kappa shape index (κ1) is 25.5. The minimum Gasteiger partial charge on any atom is -0.395 e. The SMILES string of the molecule is CO[C@H]1CCN(c2cc(-c3nc4cc(Nc5cc(C)nc(N6C[C@@H]7C[C@H]6CN7CCO)n5)ncc4s3)ccn2)C1. The molecule has 2 bridgehead atoms. The van der Waals surface area contributed by atoms with Crippen LogP contribution in [0.3, 0.4) is 0 Å². The van der Waals surface area contributed by atoms with Gasteiger partial charge in [-0.1, -0.05) is 0 Å². The number of aromatic nitrogens is 5. The minimum absolute atomic E-state index is 0.202. The summed E-state index contributed by atoms with van der Waals surface area (Å²) in [6.45, 7) is 6.57. The number of thiazole rings is 1. The summed E-state index contributed by atoms with van der Waals surface area (Å²) >= 11 is 1.63. The van der Waals surface area contributed by atoms with Crippen LogP contribution in [0.4, 0.5) is 23.4 Å². The van der Waals surface area contributed by atoms with E-state index in [-0.39, 0.29) is 12.7 Å². The number of anilines is 4. The Morgan fingerprint density at radius 1 is 1.07 bits per heavy atom. The summed E-state index contributed by atoms with van der Waals surface area (Å²) in [6, 6.07) is 8.88. The van der Waals surface area contributed by atoms with Gasteiger partial charge in [0, 0.05) is 87.7 Å². The van der Waals surface area contributed by atoms with E-state index >= 15 is 0 Å². The van der Waals surface area contributed by atoms with E-state index in [2.05, 4.69) is 36.1 Å². The summed E-state index contributed by atoms with van der Waals surface area (Å²) in [5.41, 5.74) is 2.85. The molecule has 0 radical (unpaired) electrons. The zero-order chi connectivity index (χ0) is 27.2. The smallest absolute Gasteiger partial charge is 0.227 e. The van der Waals surface area contributed by atoms with Gasteiger partial charge in [0.15, 0.2) is 0 Å². The molecular weight excluding hydrogens is 526 g/mol. The van der Waals surface area contributed by atoms with Crippen LogP contribution in [0.1, 0.15) is 18.5 Å². The number of aliphatic hydroxyl groups excluding tert-OH is 1. The molecule has 0 unspecified atom stereocenters. The lowest BCUT2D eigenvalue weighted by Gasteiger charge is -2.34. The molecule has 0 aromatic carbocycles. The Kier molecular flexibility index (Phi) is 6.70. The van der Waals surface area contributed by atoms with Crippen molar-refractivity contribution in [1.29, 1.82) is 0 Å². The maximum Gasteiger partial charge on any atom is 0.227 e. The van der Waals surface area contributed by atoms with Crippen molar-refractivity contribution in [1.82, 2.24) is 29.8 Å². The van der Waals surface area contributed by atoms with Gasteiger partial charge >= 0.3 is 0 Å². The normalized spacial score (nSPS) is 22.6. The fraction of sp³-hybridized carbons (Fsp3) is 0.464. The maximum atomic E-state index is 9.34. The highest BCUT2D eigenvalue weighted by atomic mass is 32.1. The molecule has 2 N–H and O–H groups in total. The molecule has 0 saturated carbocycles. The predicted molar refractivity (Wildman–Crippen MR) is 157 cm³/mol. The van der Waals surface area contributed by atoms with Gasteiger partial charge in [-0.2, -0.15) is 4.98 Å². The van der Waals surface area contributed by atoms with E-state index in [1.54, 1.807) is 18.4 Å².